The summed E-state index contributed by atoms with van der Waals surface area (Å²) in [5.74, 6) is 6.48. The zero-order chi connectivity index (χ0) is 26.3. The van der Waals surface area contributed by atoms with Gasteiger partial charge in [-0.2, -0.15) is 0 Å². The molecule has 0 aliphatic heterocycles. The lowest BCUT2D eigenvalue weighted by Gasteiger charge is -2.68. The lowest BCUT2D eigenvalue weighted by molar-refractivity contribution is -0.176. The van der Waals surface area contributed by atoms with Gasteiger partial charge in [0, 0.05) is 35.2 Å². The van der Waals surface area contributed by atoms with Crippen molar-refractivity contribution >= 4 is 0 Å². The van der Waals surface area contributed by atoms with Crippen LogP contribution in [0.3, 0.4) is 0 Å². The van der Waals surface area contributed by atoms with Gasteiger partial charge >= 0.3 is 0 Å². The molecule has 0 N–H and O–H groups in total. The molecule has 11 saturated carbocycles. The summed E-state index contributed by atoms with van der Waals surface area (Å²) in [4.78, 5) is 6.99. The number of hydrogen-bond donors (Lipinski definition) is 0. The maximum Gasteiger partial charge on any atom is 0.0260 e. The fourth-order valence-corrected chi connectivity index (χ4v) is 15.2. The van der Waals surface area contributed by atoms with Gasteiger partial charge in [-0.1, -0.05) is 51.4 Å². The van der Waals surface area contributed by atoms with E-state index < -0.39 is 0 Å². The highest BCUT2D eigenvalue weighted by atomic mass is 15.3. The van der Waals surface area contributed by atoms with Crippen LogP contribution < -0.4 is 0 Å². The van der Waals surface area contributed by atoms with Gasteiger partial charge < -0.3 is 0 Å². The molecule has 0 amide bonds. The fourth-order valence-electron chi connectivity index (χ4n) is 15.2. The monoisotopic (exact) mass is 546 g/mol. The summed E-state index contributed by atoms with van der Waals surface area (Å²) in [6.07, 6.45) is 40.6. The Kier molecular flexibility index (Phi) is 6.74. The van der Waals surface area contributed by atoms with E-state index >= 15 is 0 Å². The van der Waals surface area contributed by atoms with Crippen LogP contribution in [0.2, 0.25) is 0 Å². The lowest BCUT2D eigenvalue weighted by Crippen LogP contribution is -2.73. The molecule has 11 aliphatic rings. The number of hydrogen-bond acceptors (Lipinski definition) is 2. The van der Waals surface area contributed by atoms with Gasteiger partial charge in [-0.15, -0.1) is 0 Å². The Hall–Kier alpha value is -0.0800. The van der Waals surface area contributed by atoms with E-state index in [1.165, 1.54) is 77.0 Å². The van der Waals surface area contributed by atoms with Gasteiger partial charge in [0.05, 0.1) is 0 Å². The van der Waals surface area contributed by atoms with Crippen LogP contribution in [0, 0.1) is 35.5 Å². The SMILES string of the molecule is C1CCC(N(C2CCCCC2N(C2CCCCC2)C23CC4CC(CC(C4)C2)C3)C23CC4CC(CC(C4)C2)C3)CC1. The Morgan fingerprint density at radius 3 is 0.900 bits per heavy atom. The van der Waals surface area contributed by atoms with Gasteiger partial charge in [0.1, 0.15) is 0 Å². The third kappa shape index (κ3) is 4.36. The zero-order valence-electron chi connectivity index (χ0n) is 26.1. The van der Waals surface area contributed by atoms with Crippen LogP contribution in [0.4, 0.5) is 0 Å². The van der Waals surface area contributed by atoms with Crippen LogP contribution in [0.15, 0.2) is 0 Å². The van der Waals surface area contributed by atoms with E-state index in [0.717, 1.165) is 59.7 Å². The fraction of sp³-hybridized carbons (Fsp3) is 1.00. The molecule has 11 rings (SSSR count). The lowest BCUT2D eigenvalue weighted by atomic mass is 9.51. The number of rotatable bonds is 6. The van der Waals surface area contributed by atoms with Crippen LogP contribution in [0.25, 0.3) is 0 Å². The van der Waals surface area contributed by atoms with Crippen molar-refractivity contribution in [3.05, 3.63) is 0 Å². The van der Waals surface area contributed by atoms with Crippen LogP contribution in [-0.4, -0.2) is 45.0 Å². The van der Waals surface area contributed by atoms with E-state index in [4.69, 9.17) is 0 Å². The largest absolute Gasteiger partial charge is 0.290 e. The van der Waals surface area contributed by atoms with Crippen molar-refractivity contribution in [2.45, 2.75) is 202 Å². The van der Waals surface area contributed by atoms with E-state index in [9.17, 15) is 0 Å². The summed E-state index contributed by atoms with van der Waals surface area (Å²) in [6, 6.07) is 3.59. The maximum atomic E-state index is 3.50. The predicted molar refractivity (Wildman–Crippen MR) is 165 cm³/mol. The Labute approximate surface area is 247 Å². The first kappa shape index (κ1) is 26.3. The molecule has 11 fully saturated rings. The molecular weight excluding hydrogens is 484 g/mol. The molecule has 0 aromatic carbocycles. The second-order valence-electron chi connectivity index (χ2n) is 18.1. The minimum absolute atomic E-state index is 0.594. The molecule has 2 heteroatoms. The topological polar surface area (TPSA) is 6.48 Å². The van der Waals surface area contributed by atoms with Gasteiger partial charge in [-0.05, 0) is 151 Å². The molecule has 11 aliphatic carbocycles. The smallest absolute Gasteiger partial charge is 0.0260 e. The summed E-state index contributed by atoms with van der Waals surface area (Å²) in [6.45, 7) is 0. The maximum absolute atomic E-state index is 3.50. The third-order valence-electron chi connectivity index (χ3n) is 15.5. The minimum atomic E-state index is 0.594. The molecule has 0 heterocycles. The van der Waals surface area contributed by atoms with Crippen molar-refractivity contribution < 1.29 is 0 Å². The van der Waals surface area contributed by atoms with Crippen LogP contribution in [0.1, 0.15) is 167 Å². The van der Waals surface area contributed by atoms with Crippen LogP contribution in [0.5, 0.6) is 0 Å². The molecule has 224 valence electrons. The summed E-state index contributed by atoms with van der Waals surface area (Å²) in [5.41, 5.74) is 1.19. The molecule has 0 aromatic rings. The average Bonchev–Trinajstić information content (AvgIpc) is 2.94. The van der Waals surface area contributed by atoms with Crippen LogP contribution in [-0.2, 0) is 0 Å². The van der Waals surface area contributed by atoms with Crippen molar-refractivity contribution in [3.8, 4) is 0 Å². The minimum Gasteiger partial charge on any atom is -0.290 e. The molecule has 40 heavy (non-hydrogen) atoms. The third-order valence-corrected chi connectivity index (χ3v) is 15.5. The molecule has 0 saturated heterocycles. The van der Waals surface area contributed by atoms with Gasteiger partial charge in [-0.3, -0.25) is 9.80 Å². The molecule has 2 nitrogen and oxygen atoms in total. The first-order valence-electron chi connectivity index (χ1n) is 19.2. The normalized spacial score (nSPS) is 50.9. The van der Waals surface area contributed by atoms with Crippen molar-refractivity contribution in [1.29, 1.82) is 0 Å². The number of nitrogens with zero attached hydrogens (tertiary/aromatic N) is 2. The first-order valence-corrected chi connectivity index (χ1v) is 19.2. The summed E-state index contributed by atoms with van der Waals surface area (Å²) < 4.78 is 0. The van der Waals surface area contributed by atoms with E-state index in [-0.39, 0.29) is 0 Å². The molecule has 0 aromatic heterocycles. The highest BCUT2D eigenvalue weighted by molar-refractivity contribution is 5.15. The predicted octanol–water partition coefficient (Wildman–Crippen LogP) is 9.50. The summed E-state index contributed by atoms with van der Waals surface area (Å²) in [5, 5.41) is 0. The van der Waals surface area contributed by atoms with E-state index in [1.54, 1.807) is 89.9 Å². The van der Waals surface area contributed by atoms with E-state index in [1.807, 2.05) is 0 Å². The Morgan fingerprint density at radius 1 is 0.325 bits per heavy atom. The Balaban J connectivity index is 1.12. The average molecular weight is 547 g/mol. The Bertz CT molecular complexity index is 766. The second-order valence-corrected chi connectivity index (χ2v) is 18.1. The van der Waals surface area contributed by atoms with Gasteiger partial charge in [-0.25, -0.2) is 0 Å². The van der Waals surface area contributed by atoms with Gasteiger partial charge in [0.15, 0.2) is 0 Å². The molecule has 2 unspecified atom stereocenters. The van der Waals surface area contributed by atoms with Gasteiger partial charge in [0.25, 0.3) is 0 Å². The summed E-state index contributed by atoms with van der Waals surface area (Å²) in [7, 11) is 0. The van der Waals surface area contributed by atoms with Crippen molar-refractivity contribution in [2.75, 3.05) is 0 Å². The second kappa shape index (κ2) is 10.2. The molecule has 2 atom stereocenters. The summed E-state index contributed by atoms with van der Waals surface area (Å²) >= 11 is 0. The Morgan fingerprint density at radius 2 is 0.600 bits per heavy atom. The standard InChI is InChI=1S/C38H62N2/c1-3-9-33(10-4-1)39(37-21-27-15-28(22-37)17-29(16-27)23-37)35-13-7-8-14-36(35)40(34-11-5-2-6-12-34)38-24-30-18-31(25-38)20-32(19-30)26-38/h27-36H,1-26H2. The molecular formula is C38H62N2. The highest BCUT2D eigenvalue weighted by Crippen LogP contribution is 2.62. The van der Waals surface area contributed by atoms with E-state index in [0.29, 0.717) is 11.1 Å². The quantitative estimate of drug-likeness (QED) is 0.327. The van der Waals surface area contributed by atoms with Gasteiger partial charge in [0.2, 0.25) is 0 Å². The van der Waals surface area contributed by atoms with Crippen molar-refractivity contribution in [1.82, 2.24) is 9.80 Å². The van der Waals surface area contributed by atoms with Crippen LogP contribution >= 0.6 is 0 Å². The van der Waals surface area contributed by atoms with Crippen molar-refractivity contribution in [2.24, 2.45) is 35.5 Å². The zero-order valence-corrected chi connectivity index (χ0v) is 26.1. The van der Waals surface area contributed by atoms with E-state index in [2.05, 4.69) is 9.80 Å². The first-order chi connectivity index (χ1) is 19.7. The molecule has 0 radical (unpaired) electrons. The molecule has 0 spiro atoms. The highest BCUT2D eigenvalue weighted by Gasteiger charge is 2.60. The molecule has 8 bridgehead atoms. The van der Waals surface area contributed by atoms with Crippen molar-refractivity contribution in [3.63, 3.8) is 0 Å².